The van der Waals surface area contributed by atoms with Crippen molar-refractivity contribution in [2.45, 2.75) is 24.3 Å². The van der Waals surface area contributed by atoms with Gasteiger partial charge in [0.15, 0.2) is 0 Å². The van der Waals surface area contributed by atoms with Crippen LogP contribution in [0.3, 0.4) is 0 Å². The van der Waals surface area contributed by atoms with Gasteiger partial charge < -0.3 is 5.11 Å². The predicted molar refractivity (Wildman–Crippen MR) is 81.0 cm³/mol. The number of nitrogens with one attached hydrogen (secondary N) is 1. The van der Waals surface area contributed by atoms with Gasteiger partial charge in [0.05, 0.1) is 10.4 Å². The molecule has 0 aliphatic rings. The third kappa shape index (κ3) is 3.65. The summed E-state index contributed by atoms with van der Waals surface area (Å²) < 4.78 is 28.0. The molecular formula is C11H12BrNO3S3. The maximum Gasteiger partial charge on any atom is 0.250 e. The van der Waals surface area contributed by atoms with E-state index in [1.165, 1.54) is 11.3 Å². The van der Waals surface area contributed by atoms with Crippen LogP contribution in [0.5, 0.6) is 0 Å². The zero-order chi connectivity index (χ0) is 14.0. The van der Waals surface area contributed by atoms with Crippen molar-refractivity contribution in [3.8, 4) is 0 Å². The summed E-state index contributed by atoms with van der Waals surface area (Å²) in [5, 5.41) is 9.10. The standard InChI is InChI=1S/C11H12BrNO3S3/c1-7-4-11(18-9(7)6-14)19(15,16)13-5-8-2-3-10(12)17-8/h2-4,13-14H,5-6H2,1H3. The molecule has 2 aromatic rings. The number of hydrogen-bond acceptors (Lipinski definition) is 5. The Kier molecular flexibility index (Phi) is 4.80. The molecule has 8 heteroatoms. The van der Waals surface area contributed by atoms with Gasteiger partial charge in [-0.05, 0) is 46.6 Å². The highest BCUT2D eigenvalue weighted by molar-refractivity contribution is 9.11. The van der Waals surface area contributed by atoms with Gasteiger partial charge >= 0.3 is 0 Å². The van der Waals surface area contributed by atoms with Crippen LogP contribution in [0.4, 0.5) is 0 Å². The Labute approximate surface area is 128 Å². The van der Waals surface area contributed by atoms with E-state index in [-0.39, 0.29) is 17.4 Å². The predicted octanol–water partition coefficient (Wildman–Crippen LogP) is 2.85. The lowest BCUT2D eigenvalue weighted by molar-refractivity contribution is 0.285. The molecule has 0 atom stereocenters. The van der Waals surface area contributed by atoms with E-state index in [0.717, 1.165) is 25.6 Å². The topological polar surface area (TPSA) is 66.4 Å². The molecule has 2 aromatic heterocycles. The molecule has 0 amide bonds. The van der Waals surface area contributed by atoms with Crippen molar-refractivity contribution in [1.82, 2.24) is 4.72 Å². The van der Waals surface area contributed by atoms with Crippen molar-refractivity contribution >= 4 is 48.6 Å². The highest BCUT2D eigenvalue weighted by atomic mass is 79.9. The summed E-state index contributed by atoms with van der Waals surface area (Å²) >= 11 is 5.93. The summed E-state index contributed by atoms with van der Waals surface area (Å²) in [6, 6.07) is 5.34. The van der Waals surface area contributed by atoms with Crippen LogP contribution in [0.25, 0.3) is 0 Å². The first kappa shape index (κ1) is 15.1. The van der Waals surface area contributed by atoms with Gasteiger partial charge in [0, 0.05) is 16.3 Å². The number of aryl methyl sites for hydroxylation is 1. The quantitative estimate of drug-likeness (QED) is 0.836. The van der Waals surface area contributed by atoms with E-state index in [1.807, 2.05) is 12.1 Å². The molecule has 0 fully saturated rings. The van der Waals surface area contributed by atoms with Gasteiger partial charge in [-0.15, -0.1) is 22.7 Å². The molecule has 2 rings (SSSR count). The zero-order valence-corrected chi connectivity index (χ0v) is 14.0. The number of sulfonamides is 1. The van der Waals surface area contributed by atoms with Crippen LogP contribution in [-0.4, -0.2) is 13.5 Å². The second-order valence-corrected chi connectivity index (χ2v) is 9.54. The maximum absolute atomic E-state index is 12.1. The van der Waals surface area contributed by atoms with Gasteiger partial charge in [-0.25, -0.2) is 13.1 Å². The second kappa shape index (κ2) is 6.02. The molecule has 0 unspecified atom stereocenters. The number of aliphatic hydroxyl groups is 1. The van der Waals surface area contributed by atoms with Gasteiger partial charge in [-0.3, -0.25) is 0 Å². The van der Waals surface area contributed by atoms with E-state index in [1.54, 1.807) is 13.0 Å². The Morgan fingerprint density at radius 3 is 2.63 bits per heavy atom. The van der Waals surface area contributed by atoms with Crippen LogP contribution in [0.15, 0.2) is 26.2 Å². The average molecular weight is 382 g/mol. The lowest BCUT2D eigenvalue weighted by Crippen LogP contribution is -2.21. The van der Waals surface area contributed by atoms with Crippen LogP contribution in [0, 0.1) is 6.92 Å². The lowest BCUT2D eigenvalue weighted by Gasteiger charge is -2.02. The number of aliphatic hydroxyl groups excluding tert-OH is 1. The molecule has 0 aliphatic carbocycles. The number of hydrogen-bond donors (Lipinski definition) is 2. The molecule has 0 saturated carbocycles. The van der Waals surface area contributed by atoms with Gasteiger partial charge in [0.2, 0.25) is 10.0 Å². The molecular weight excluding hydrogens is 370 g/mol. The third-order valence-corrected chi connectivity index (χ3v) is 7.19. The van der Waals surface area contributed by atoms with Crippen molar-refractivity contribution in [3.63, 3.8) is 0 Å². The molecule has 19 heavy (non-hydrogen) atoms. The maximum atomic E-state index is 12.1. The van der Waals surface area contributed by atoms with Crippen molar-refractivity contribution in [2.24, 2.45) is 0 Å². The summed E-state index contributed by atoms with van der Waals surface area (Å²) in [5.41, 5.74) is 0.798. The summed E-state index contributed by atoms with van der Waals surface area (Å²) in [5.74, 6) is 0. The Balaban J connectivity index is 2.13. The minimum atomic E-state index is -3.51. The molecule has 0 radical (unpaired) electrons. The summed E-state index contributed by atoms with van der Waals surface area (Å²) in [6.07, 6.45) is 0. The van der Waals surface area contributed by atoms with Gasteiger partial charge in [0.1, 0.15) is 4.21 Å². The minimum absolute atomic E-state index is 0.135. The van der Waals surface area contributed by atoms with E-state index in [4.69, 9.17) is 5.11 Å². The monoisotopic (exact) mass is 381 g/mol. The molecule has 0 saturated heterocycles. The number of halogens is 1. The fourth-order valence-electron chi connectivity index (χ4n) is 1.46. The van der Waals surface area contributed by atoms with Crippen molar-refractivity contribution < 1.29 is 13.5 Å². The average Bonchev–Trinajstić information content (AvgIpc) is 2.93. The fourth-order valence-corrected chi connectivity index (χ4v) is 5.48. The second-order valence-electron chi connectivity index (χ2n) is 3.86. The zero-order valence-electron chi connectivity index (χ0n) is 10.0. The van der Waals surface area contributed by atoms with Crippen LogP contribution >= 0.6 is 38.6 Å². The summed E-state index contributed by atoms with van der Waals surface area (Å²) in [6.45, 7) is 1.92. The first-order chi connectivity index (χ1) is 8.92. The van der Waals surface area contributed by atoms with Gasteiger partial charge in [0.25, 0.3) is 0 Å². The Morgan fingerprint density at radius 1 is 1.37 bits per heavy atom. The van der Waals surface area contributed by atoms with Crippen LogP contribution in [0.1, 0.15) is 15.3 Å². The largest absolute Gasteiger partial charge is 0.391 e. The molecule has 0 aromatic carbocycles. The van der Waals surface area contributed by atoms with E-state index >= 15 is 0 Å². The van der Waals surface area contributed by atoms with E-state index in [2.05, 4.69) is 20.7 Å². The van der Waals surface area contributed by atoms with E-state index in [9.17, 15) is 8.42 Å². The fraction of sp³-hybridized carbons (Fsp3) is 0.273. The van der Waals surface area contributed by atoms with Crippen LogP contribution < -0.4 is 4.72 Å². The van der Waals surface area contributed by atoms with Crippen molar-refractivity contribution in [2.75, 3.05) is 0 Å². The van der Waals surface area contributed by atoms with Gasteiger partial charge in [-0.1, -0.05) is 0 Å². The first-order valence-electron chi connectivity index (χ1n) is 5.36. The molecule has 0 bridgehead atoms. The smallest absolute Gasteiger partial charge is 0.250 e. The molecule has 4 nitrogen and oxygen atoms in total. The lowest BCUT2D eigenvalue weighted by atomic mass is 10.3. The number of rotatable bonds is 5. The van der Waals surface area contributed by atoms with E-state index in [0.29, 0.717) is 4.88 Å². The van der Waals surface area contributed by atoms with E-state index < -0.39 is 10.0 Å². The number of thiophene rings is 2. The molecule has 2 heterocycles. The van der Waals surface area contributed by atoms with Crippen molar-refractivity contribution in [1.29, 1.82) is 0 Å². The highest BCUT2D eigenvalue weighted by Crippen LogP contribution is 2.27. The first-order valence-corrected chi connectivity index (χ1v) is 9.27. The third-order valence-electron chi connectivity index (χ3n) is 2.47. The summed E-state index contributed by atoms with van der Waals surface area (Å²) in [7, 11) is -3.51. The SMILES string of the molecule is Cc1cc(S(=O)(=O)NCc2ccc(Br)s2)sc1CO. The normalized spacial score (nSPS) is 11.9. The molecule has 2 N–H and O–H groups in total. The molecule has 0 aliphatic heterocycles. The Bertz CT molecular complexity index is 675. The van der Waals surface area contributed by atoms with Crippen LogP contribution in [0.2, 0.25) is 0 Å². The van der Waals surface area contributed by atoms with Crippen molar-refractivity contribution in [3.05, 3.63) is 37.3 Å². The van der Waals surface area contributed by atoms with Gasteiger partial charge in [-0.2, -0.15) is 0 Å². The highest BCUT2D eigenvalue weighted by Gasteiger charge is 2.18. The van der Waals surface area contributed by atoms with Crippen LogP contribution in [-0.2, 0) is 23.2 Å². The Morgan fingerprint density at radius 2 is 2.11 bits per heavy atom. The minimum Gasteiger partial charge on any atom is -0.391 e. The Hall–Kier alpha value is -0.250. The molecule has 0 spiro atoms. The summed E-state index contributed by atoms with van der Waals surface area (Å²) in [4.78, 5) is 1.62. The molecule has 104 valence electrons.